The minimum atomic E-state index is -0.468. The van der Waals surface area contributed by atoms with Gasteiger partial charge in [0.2, 0.25) is 0 Å². The van der Waals surface area contributed by atoms with Crippen LogP contribution in [0.5, 0.6) is 0 Å². The molecule has 4 nitrogen and oxygen atoms in total. The number of halogens is 1. The molecule has 0 aliphatic heterocycles. The molecule has 24 heavy (non-hydrogen) atoms. The molecule has 0 radical (unpaired) electrons. The van der Waals surface area contributed by atoms with Crippen molar-refractivity contribution in [1.29, 1.82) is 0 Å². The van der Waals surface area contributed by atoms with Gasteiger partial charge in [0, 0.05) is 17.5 Å². The lowest BCUT2D eigenvalue weighted by atomic mass is 10.00. The molecule has 1 aromatic carbocycles. The third-order valence-corrected chi connectivity index (χ3v) is 5.49. The number of rotatable bonds is 3. The van der Waals surface area contributed by atoms with Crippen molar-refractivity contribution in [1.82, 2.24) is 10.3 Å². The number of nitrogens with one attached hydrogen (secondary N) is 1. The molecular weight excluding hydrogens is 344 g/mol. The van der Waals surface area contributed by atoms with E-state index < -0.39 is 5.60 Å². The first-order valence-corrected chi connectivity index (χ1v) is 9.54. The summed E-state index contributed by atoms with van der Waals surface area (Å²) < 4.78 is 6.54. The van der Waals surface area contributed by atoms with Gasteiger partial charge in [-0.2, -0.15) is 0 Å². The summed E-state index contributed by atoms with van der Waals surface area (Å²) in [5, 5.41) is 4.86. The molecule has 0 bridgehead atoms. The Balaban J connectivity index is 1.65. The Hall–Kier alpha value is -1.33. The molecule has 1 saturated carbocycles. The largest absolute Gasteiger partial charge is 0.444 e. The van der Waals surface area contributed by atoms with Crippen LogP contribution in [-0.2, 0) is 11.2 Å². The molecule has 1 aliphatic rings. The molecule has 1 fully saturated rings. The van der Waals surface area contributed by atoms with Gasteiger partial charge < -0.3 is 10.1 Å². The molecule has 0 spiro atoms. The van der Waals surface area contributed by atoms with Gasteiger partial charge >= 0.3 is 6.09 Å². The van der Waals surface area contributed by atoms with Crippen LogP contribution in [0, 0.1) is 5.92 Å². The lowest BCUT2D eigenvalue weighted by Gasteiger charge is -2.24. The van der Waals surface area contributed by atoms with Crippen molar-refractivity contribution in [2.45, 2.75) is 58.1 Å². The van der Waals surface area contributed by atoms with Crippen LogP contribution in [0.2, 0.25) is 5.02 Å². The third-order valence-electron chi connectivity index (χ3n) is 4.19. The molecular formula is C18H23ClN2O2S. The molecule has 0 saturated heterocycles. The molecule has 3 rings (SSSR count). The number of fused-ring (bicyclic) bond motifs is 1. The van der Waals surface area contributed by atoms with Gasteiger partial charge in [-0.05, 0) is 57.7 Å². The molecule has 1 aliphatic carbocycles. The summed E-state index contributed by atoms with van der Waals surface area (Å²) in [5.74, 6) is 0.411. The van der Waals surface area contributed by atoms with Crippen LogP contribution in [0.15, 0.2) is 18.2 Å². The molecule has 130 valence electrons. The highest BCUT2D eigenvalue weighted by molar-refractivity contribution is 7.18. The minimum absolute atomic E-state index is 0.162. The van der Waals surface area contributed by atoms with Gasteiger partial charge in [0.1, 0.15) is 5.60 Å². The number of carbonyl (C=O) groups is 1. The normalized spacial score (nSPS) is 21.2. The molecule has 2 atom stereocenters. The zero-order valence-corrected chi connectivity index (χ0v) is 15.8. The van der Waals surface area contributed by atoms with E-state index in [9.17, 15) is 4.79 Å². The number of hydrogen-bond acceptors (Lipinski definition) is 4. The maximum atomic E-state index is 12.0. The van der Waals surface area contributed by atoms with Crippen LogP contribution in [0.25, 0.3) is 10.2 Å². The Labute approximate surface area is 151 Å². The SMILES string of the molecule is CC(C)(C)OC(=O)NC1CCCC1Cc1nc2cc(Cl)ccc2s1. The Morgan fingerprint density at radius 3 is 2.96 bits per heavy atom. The summed E-state index contributed by atoms with van der Waals surface area (Å²) in [6.07, 6.45) is 3.80. The van der Waals surface area contributed by atoms with Gasteiger partial charge in [-0.25, -0.2) is 9.78 Å². The van der Waals surface area contributed by atoms with Crippen LogP contribution in [0.4, 0.5) is 4.79 Å². The fraction of sp³-hybridized carbons (Fsp3) is 0.556. The van der Waals surface area contributed by atoms with E-state index in [1.54, 1.807) is 11.3 Å². The molecule has 1 aromatic heterocycles. The van der Waals surface area contributed by atoms with Gasteiger partial charge in [0.05, 0.1) is 15.2 Å². The van der Waals surface area contributed by atoms with Crippen molar-refractivity contribution in [2.75, 3.05) is 0 Å². The second-order valence-corrected chi connectivity index (χ2v) is 8.92. The van der Waals surface area contributed by atoms with E-state index in [-0.39, 0.29) is 12.1 Å². The van der Waals surface area contributed by atoms with Crippen molar-refractivity contribution in [3.8, 4) is 0 Å². The number of thiazole rings is 1. The minimum Gasteiger partial charge on any atom is -0.444 e. The number of hydrogen-bond donors (Lipinski definition) is 1. The van der Waals surface area contributed by atoms with Crippen molar-refractivity contribution >= 4 is 39.2 Å². The highest BCUT2D eigenvalue weighted by Gasteiger charge is 2.31. The number of aromatic nitrogens is 1. The predicted molar refractivity (Wildman–Crippen MR) is 98.8 cm³/mol. The van der Waals surface area contributed by atoms with Crippen LogP contribution >= 0.6 is 22.9 Å². The van der Waals surface area contributed by atoms with Crippen LogP contribution in [-0.4, -0.2) is 22.7 Å². The standard InChI is InChI=1S/C18H23ClN2O2S/c1-18(2,3)23-17(22)21-13-6-4-5-11(13)9-16-20-14-10-12(19)7-8-15(14)24-16/h7-8,10-11,13H,4-6,9H2,1-3H3,(H,21,22). The Kier molecular flexibility index (Phi) is 5.02. The molecule has 1 amide bonds. The Bertz CT molecular complexity index is 738. The first kappa shape index (κ1) is 17.5. The summed E-state index contributed by atoms with van der Waals surface area (Å²) >= 11 is 7.74. The third kappa shape index (κ3) is 4.39. The highest BCUT2D eigenvalue weighted by Crippen LogP contribution is 2.32. The van der Waals surface area contributed by atoms with Crippen LogP contribution in [0.3, 0.4) is 0 Å². The average Bonchev–Trinajstić information content (AvgIpc) is 3.03. The number of ether oxygens (including phenoxy) is 1. The molecule has 2 unspecified atom stereocenters. The highest BCUT2D eigenvalue weighted by atomic mass is 35.5. The molecule has 1 N–H and O–H groups in total. The Morgan fingerprint density at radius 1 is 1.42 bits per heavy atom. The second-order valence-electron chi connectivity index (χ2n) is 7.37. The number of benzene rings is 1. The topological polar surface area (TPSA) is 51.2 Å². The molecule has 1 heterocycles. The summed E-state index contributed by atoms with van der Waals surface area (Å²) in [4.78, 5) is 16.7. The van der Waals surface area contributed by atoms with Crippen molar-refractivity contribution in [3.63, 3.8) is 0 Å². The van der Waals surface area contributed by atoms with Crippen LogP contribution in [0.1, 0.15) is 45.0 Å². The van der Waals surface area contributed by atoms with Gasteiger partial charge in [-0.15, -0.1) is 11.3 Å². The lowest BCUT2D eigenvalue weighted by molar-refractivity contribution is 0.0493. The zero-order valence-electron chi connectivity index (χ0n) is 14.3. The smallest absolute Gasteiger partial charge is 0.407 e. The fourth-order valence-corrected chi connectivity index (χ4v) is 4.40. The fourth-order valence-electron chi connectivity index (χ4n) is 3.19. The van der Waals surface area contributed by atoms with E-state index in [0.717, 1.165) is 40.9 Å². The van der Waals surface area contributed by atoms with Crippen molar-refractivity contribution < 1.29 is 9.53 Å². The van der Waals surface area contributed by atoms with Crippen molar-refractivity contribution in [2.24, 2.45) is 5.92 Å². The van der Waals surface area contributed by atoms with Crippen molar-refractivity contribution in [3.05, 3.63) is 28.2 Å². The molecule has 6 heteroatoms. The average molecular weight is 367 g/mol. The first-order chi connectivity index (χ1) is 11.3. The zero-order chi connectivity index (χ0) is 17.3. The second kappa shape index (κ2) is 6.89. The maximum Gasteiger partial charge on any atom is 0.407 e. The first-order valence-electron chi connectivity index (χ1n) is 8.35. The van der Waals surface area contributed by atoms with Gasteiger partial charge in [-0.1, -0.05) is 18.0 Å². The van der Waals surface area contributed by atoms with Gasteiger partial charge in [0.25, 0.3) is 0 Å². The van der Waals surface area contributed by atoms with E-state index in [2.05, 4.69) is 5.32 Å². The van der Waals surface area contributed by atoms with E-state index in [1.807, 2.05) is 39.0 Å². The summed E-state index contributed by atoms with van der Waals surface area (Å²) in [7, 11) is 0. The predicted octanol–water partition coefficient (Wildman–Crippen LogP) is 5.19. The van der Waals surface area contributed by atoms with E-state index in [0.29, 0.717) is 10.9 Å². The van der Waals surface area contributed by atoms with E-state index in [4.69, 9.17) is 21.3 Å². The van der Waals surface area contributed by atoms with Gasteiger partial charge in [0.15, 0.2) is 0 Å². The monoisotopic (exact) mass is 366 g/mol. The number of alkyl carbamates (subject to hydrolysis) is 1. The number of carbonyl (C=O) groups excluding carboxylic acids is 1. The summed E-state index contributed by atoms with van der Waals surface area (Å²) in [6.45, 7) is 5.64. The summed E-state index contributed by atoms with van der Waals surface area (Å²) in [6, 6.07) is 5.98. The molecule has 2 aromatic rings. The van der Waals surface area contributed by atoms with E-state index in [1.165, 1.54) is 0 Å². The number of nitrogens with zero attached hydrogens (tertiary/aromatic N) is 1. The number of amides is 1. The quantitative estimate of drug-likeness (QED) is 0.813. The lowest BCUT2D eigenvalue weighted by Crippen LogP contribution is -2.41. The van der Waals surface area contributed by atoms with Gasteiger partial charge in [-0.3, -0.25) is 0 Å². The van der Waals surface area contributed by atoms with E-state index >= 15 is 0 Å². The Morgan fingerprint density at radius 2 is 2.21 bits per heavy atom. The van der Waals surface area contributed by atoms with Crippen LogP contribution < -0.4 is 5.32 Å². The maximum absolute atomic E-state index is 12.0. The summed E-state index contributed by atoms with van der Waals surface area (Å²) in [5.41, 5.74) is 0.488.